The summed E-state index contributed by atoms with van der Waals surface area (Å²) in [5.41, 5.74) is 0. The van der Waals surface area contributed by atoms with Gasteiger partial charge in [0.15, 0.2) is 0 Å². The molecule has 54 valence electrons. The summed E-state index contributed by atoms with van der Waals surface area (Å²) in [6, 6.07) is 0. The molecule has 0 unspecified atom stereocenters. The van der Waals surface area contributed by atoms with Gasteiger partial charge in [-0.1, -0.05) is 20.8 Å². The first-order chi connectivity index (χ1) is 4.18. The molecule has 0 saturated carbocycles. The molecule has 0 aromatic carbocycles. The second kappa shape index (κ2) is 10.3. The lowest BCUT2D eigenvalue weighted by Gasteiger charge is -1.78. The van der Waals surface area contributed by atoms with Crippen LogP contribution in [0.15, 0.2) is 0 Å². The van der Waals surface area contributed by atoms with Crippen molar-refractivity contribution in [3.63, 3.8) is 0 Å². The van der Waals surface area contributed by atoms with Crippen molar-refractivity contribution in [2.45, 2.75) is 27.2 Å². The molecular weight excluding hydrogens is 116 g/mol. The lowest BCUT2D eigenvalue weighted by molar-refractivity contribution is -0.110. The van der Waals surface area contributed by atoms with E-state index >= 15 is 0 Å². The Morgan fingerprint density at radius 2 is 1.56 bits per heavy atom. The molecule has 0 saturated heterocycles. The van der Waals surface area contributed by atoms with Gasteiger partial charge < -0.3 is 9.59 Å². The molecule has 0 aliphatic heterocycles. The van der Waals surface area contributed by atoms with Crippen molar-refractivity contribution < 1.29 is 9.59 Å². The number of carbonyl (C=O) groups excluding carboxylic acids is 2. The molecular formula is C7H14O2. The van der Waals surface area contributed by atoms with Crippen LogP contribution in [0.3, 0.4) is 0 Å². The summed E-state index contributed by atoms with van der Waals surface area (Å²) in [5.74, 6) is 0.204. The van der Waals surface area contributed by atoms with Gasteiger partial charge in [0.25, 0.3) is 0 Å². The molecule has 0 atom stereocenters. The van der Waals surface area contributed by atoms with Crippen molar-refractivity contribution in [3.8, 4) is 0 Å². The molecule has 9 heavy (non-hydrogen) atoms. The molecule has 0 amide bonds. The molecule has 0 aliphatic rings. The summed E-state index contributed by atoms with van der Waals surface area (Å²) in [7, 11) is 0. The Bertz CT molecular complexity index is 67.3. The predicted molar refractivity (Wildman–Crippen MR) is 37.3 cm³/mol. The molecule has 0 rings (SSSR count). The van der Waals surface area contributed by atoms with Crippen molar-refractivity contribution in [1.29, 1.82) is 0 Å². The lowest BCUT2D eigenvalue weighted by atomic mass is 10.3. The molecule has 0 N–H and O–H groups in total. The van der Waals surface area contributed by atoms with Crippen LogP contribution >= 0.6 is 0 Å². The van der Waals surface area contributed by atoms with E-state index in [1.54, 1.807) is 0 Å². The SMILES string of the molecule is CC(C)C=O.CCC=O. The maximum Gasteiger partial charge on any atom is 0.122 e. The average Bonchev–Trinajstić information content (AvgIpc) is 1.89. The lowest BCUT2D eigenvalue weighted by Crippen LogP contribution is -1.82. The summed E-state index contributed by atoms with van der Waals surface area (Å²) in [4.78, 5) is 18.7. The zero-order valence-electron chi connectivity index (χ0n) is 6.26. The highest BCUT2D eigenvalue weighted by Gasteiger charge is 1.79. The maximum atomic E-state index is 9.50. The monoisotopic (exact) mass is 130 g/mol. The number of rotatable bonds is 2. The van der Waals surface area contributed by atoms with Crippen molar-refractivity contribution in [2.75, 3.05) is 0 Å². The van der Waals surface area contributed by atoms with Crippen LogP contribution in [0.2, 0.25) is 0 Å². The van der Waals surface area contributed by atoms with Crippen LogP contribution in [0.5, 0.6) is 0 Å². The van der Waals surface area contributed by atoms with Crippen molar-refractivity contribution in [2.24, 2.45) is 5.92 Å². The number of hydrogen-bond donors (Lipinski definition) is 0. The van der Waals surface area contributed by atoms with Crippen LogP contribution in [0.1, 0.15) is 27.2 Å². The van der Waals surface area contributed by atoms with E-state index in [4.69, 9.17) is 0 Å². The molecule has 0 aromatic heterocycles. The van der Waals surface area contributed by atoms with Crippen molar-refractivity contribution >= 4 is 12.6 Å². The molecule has 0 aliphatic carbocycles. The molecule has 0 fully saturated rings. The summed E-state index contributed by atoms with van der Waals surface area (Å²) in [6.45, 7) is 5.52. The van der Waals surface area contributed by atoms with E-state index in [-0.39, 0.29) is 5.92 Å². The van der Waals surface area contributed by atoms with E-state index in [0.29, 0.717) is 6.42 Å². The minimum atomic E-state index is 0.204. The summed E-state index contributed by atoms with van der Waals surface area (Å²) >= 11 is 0. The number of carbonyl (C=O) groups is 2. The van der Waals surface area contributed by atoms with Crippen LogP contribution in [0.4, 0.5) is 0 Å². The fourth-order valence-electron chi connectivity index (χ4n) is 0. The third kappa shape index (κ3) is 38.2. The van der Waals surface area contributed by atoms with E-state index < -0.39 is 0 Å². The minimum Gasteiger partial charge on any atom is -0.303 e. The Morgan fingerprint density at radius 3 is 1.56 bits per heavy atom. The highest BCUT2D eigenvalue weighted by molar-refractivity contribution is 5.51. The Hall–Kier alpha value is -0.660. The van der Waals surface area contributed by atoms with Gasteiger partial charge in [-0.3, -0.25) is 0 Å². The van der Waals surface area contributed by atoms with Crippen LogP contribution in [-0.2, 0) is 9.59 Å². The Labute approximate surface area is 56.3 Å². The van der Waals surface area contributed by atoms with Crippen LogP contribution in [0.25, 0.3) is 0 Å². The molecule has 0 spiro atoms. The first-order valence-electron chi connectivity index (χ1n) is 3.07. The molecule has 0 aromatic rings. The van der Waals surface area contributed by atoms with Crippen LogP contribution in [-0.4, -0.2) is 12.6 Å². The fourth-order valence-corrected chi connectivity index (χ4v) is 0. The molecule has 2 nitrogen and oxygen atoms in total. The van der Waals surface area contributed by atoms with Gasteiger partial charge >= 0.3 is 0 Å². The minimum absolute atomic E-state index is 0.204. The van der Waals surface area contributed by atoms with Gasteiger partial charge in [0.05, 0.1) is 0 Å². The zero-order chi connectivity index (χ0) is 7.70. The predicted octanol–water partition coefficient (Wildman–Crippen LogP) is 1.44. The first-order valence-corrected chi connectivity index (χ1v) is 3.07. The highest BCUT2D eigenvalue weighted by Crippen LogP contribution is 1.78. The van der Waals surface area contributed by atoms with Gasteiger partial charge in [0.2, 0.25) is 0 Å². The van der Waals surface area contributed by atoms with Crippen molar-refractivity contribution in [1.82, 2.24) is 0 Å². The quantitative estimate of drug-likeness (QED) is 0.530. The summed E-state index contributed by atoms with van der Waals surface area (Å²) in [5, 5.41) is 0. The Balaban J connectivity index is 0. The van der Waals surface area contributed by atoms with E-state index in [1.165, 1.54) is 0 Å². The van der Waals surface area contributed by atoms with Gasteiger partial charge in [-0.15, -0.1) is 0 Å². The zero-order valence-corrected chi connectivity index (χ0v) is 6.26. The largest absolute Gasteiger partial charge is 0.303 e. The summed E-state index contributed by atoms with van der Waals surface area (Å²) < 4.78 is 0. The van der Waals surface area contributed by atoms with Gasteiger partial charge in [-0.2, -0.15) is 0 Å². The Morgan fingerprint density at radius 1 is 1.33 bits per heavy atom. The number of aldehydes is 2. The second-order valence-electron chi connectivity index (χ2n) is 1.96. The highest BCUT2D eigenvalue weighted by atomic mass is 16.1. The fraction of sp³-hybridized carbons (Fsp3) is 0.714. The molecule has 0 bridgehead atoms. The average molecular weight is 130 g/mol. The van der Waals surface area contributed by atoms with Crippen LogP contribution in [0, 0.1) is 5.92 Å². The molecule has 0 radical (unpaired) electrons. The maximum absolute atomic E-state index is 9.50. The summed E-state index contributed by atoms with van der Waals surface area (Å²) in [6.07, 6.45) is 2.43. The molecule has 2 heteroatoms. The van der Waals surface area contributed by atoms with Gasteiger partial charge in [0, 0.05) is 12.3 Å². The van der Waals surface area contributed by atoms with E-state index in [9.17, 15) is 9.59 Å². The van der Waals surface area contributed by atoms with E-state index in [2.05, 4.69) is 0 Å². The second-order valence-corrected chi connectivity index (χ2v) is 1.96. The third-order valence-corrected chi connectivity index (χ3v) is 0.439. The van der Waals surface area contributed by atoms with E-state index in [1.807, 2.05) is 20.8 Å². The van der Waals surface area contributed by atoms with E-state index in [0.717, 1.165) is 12.6 Å². The Kier molecular flexibility index (Phi) is 12.9. The number of hydrogen-bond acceptors (Lipinski definition) is 2. The normalized spacial score (nSPS) is 7.56. The van der Waals surface area contributed by atoms with Gasteiger partial charge in [-0.25, -0.2) is 0 Å². The topological polar surface area (TPSA) is 34.1 Å². The standard InChI is InChI=1S/C4H8O.C3H6O/c1-4(2)3-5;1-2-3-4/h3-4H,1-2H3;3H,2H2,1H3. The van der Waals surface area contributed by atoms with Crippen LogP contribution < -0.4 is 0 Å². The van der Waals surface area contributed by atoms with Gasteiger partial charge in [0.1, 0.15) is 12.6 Å². The van der Waals surface area contributed by atoms with Crippen molar-refractivity contribution in [3.05, 3.63) is 0 Å². The first kappa shape index (κ1) is 11.2. The molecule has 0 heterocycles. The third-order valence-electron chi connectivity index (χ3n) is 0.439. The van der Waals surface area contributed by atoms with Gasteiger partial charge in [-0.05, 0) is 0 Å². The smallest absolute Gasteiger partial charge is 0.122 e.